The third-order valence-corrected chi connectivity index (χ3v) is 3.07. The Morgan fingerprint density at radius 2 is 2.05 bits per heavy atom. The van der Waals surface area contributed by atoms with E-state index in [-0.39, 0.29) is 36.1 Å². The molecule has 114 valence electrons. The van der Waals surface area contributed by atoms with Gasteiger partial charge in [-0.1, -0.05) is 26.0 Å². The summed E-state index contributed by atoms with van der Waals surface area (Å²) in [6.07, 6.45) is 0.377. The lowest BCUT2D eigenvalue weighted by atomic mass is 9.97. The first-order chi connectivity index (χ1) is 9.02. The van der Waals surface area contributed by atoms with Crippen molar-refractivity contribution in [2.24, 2.45) is 0 Å². The first-order valence-corrected chi connectivity index (χ1v) is 6.78. The molecule has 0 spiro atoms. The molecule has 2 atom stereocenters. The van der Waals surface area contributed by atoms with Crippen LogP contribution in [0.3, 0.4) is 0 Å². The van der Waals surface area contributed by atoms with Crippen molar-refractivity contribution in [2.75, 3.05) is 13.1 Å². The Hall–Kier alpha value is -1.13. The van der Waals surface area contributed by atoms with Gasteiger partial charge in [0, 0.05) is 19.0 Å². The molecule has 0 saturated heterocycles. The first kappa shape index (κ1) is 18.9. The molecule has 0 aromatic heterocycles. The van der Waals surface area contributed by atoms with Crippen molar-refractivity contribution in [1.82, 2.24) is 10.6 Å². The van der Waals surface area contributed by atoms with Crippen molar-refractivity contribution in [3.63, 3.8) is 0 Å². The average molecular weight is 303 g/mol. The van der Waals surface area contributed by atoms with Gasteiger partial charge in [-0.05, 0) is 37.1 Å². The van der Waals surface area contributed by atoms with Gasteiger partial charge in [0.2, 0.25) is 5.91 Å². The van der Waals surface area contributed by atoms with Crippen molar-refractivity contribution < 1.29 is 9.18 Å². The fourth-order valence-electron chi connectivity index (χ4n) is 1.97. The van der Waals surface area contributed by atoms with Gasteiger partial charge in [0.25, 0.3) is 0 Å². The van der Waals surface area contributed by atoms with Gasteiger partial charge >= 0.3 is 0 Å². The van der Waals surface area contributed by atoms with Crippen molar-refractivity contribution in [1.29, 1.82) is 0 Å². The first-order valence-electron chi connectivity index (χ1n) is 6.78. The Morgan fingerprint density at radius 3 is 2.65 bits per heavy atom. The summed E-state index contributed by atoms with van der Waals surface area (Å²) in [7, 11) is 0. The van der Waals surface area contributed by atoms with Gasteiger partial charge in [0.1, 0.15) is 5.82 Å². The molecule has 0 fully saturated rings. The number of benzene rings is 1. The molecule has 0 aliphatic heterocycles. The molecule has 20 heavy (non-hydrogen) atoms. The molecule has 1 rings (SSSR count). The second-order valence-electron chi connectivity index (χ2n) is 4.92. The van der Waals surface area contributed by atoms with Crippen LogP contribution in [-0.2, 0) is 4.79 Å². The van der Waals surface area contributed by atoms with Crippen LogP contribution < -0.4 is 10.6 Å². The Balaban J connectivity index is 0.00000361. The fourth-order valence-corrected chi connectivity index (χ4v) is 1.97. The van der Waals surface area contributed by atoms with Gasteiger partial charge in [-0.25, -0.2) is 4.39 Å². The predicted molar refractivity (Wildman–Crippen MR) is 82.8 cm³/mol. The van der Waals surface area contributed by atoms with Gasteiger partial charge in [0.05, 0.1) is 0 Å². The molecule has 0 aliphatic carbocycles. The minimum Gasteiger partial charge on any atom is -0.355 e. The van der Waals surface area contributed by atoms with E-state index in [1.807, 2.05) is 26.8 Å². The number of likely N-dealkylation sites (N-methyl/N-ethyl adjacent to an activating group) is 1. The monoisotopic (exact) mass is 302 g/mol. The minimum absolute atomic E-state index is 0. The van der Waals surface area contributed by atoms with Gasteiger partial charge in [0.15, 0.2) is 0 Å². The largest absolute Gasteiger partial charge is 0.355 e. The van der Waals surface area contributed by atoms with Crippen molar-refractivity contribution in [2.45, 2.75) is 39.2 Å². The van der Waals surface area contributed by atoms with Crippen LogP contribution in [0.25, 0.3) is 0 Å². The summed E-state index contributed by atoms with van der Waals surface area (Å²) in [6.45, 7) is 7.49. The topological polar surface area (TPSA) is 41.1 Å². The Kier molecular flexibility index (Phi) is 9.17. The van der Waals surface area contributed by atoms with E-state index in [0.717, 1.165) is 12.1 Å². The average Bonchev–Trinajstić information content (AvgIpc) is 2.36. The summed E-state index contributed by atoms with van der Waals surface area (Å²) >= 11 is 0. The number of carbonyl (C=O) groups excluding carboxylic acids is 1. The van der Waals surface area contributed by atoms with E-state index in [2.05, 4.69) is 10.6 Å². The third kappa shape index (κ3) is 6.87. The van der Waals surface area contributed by atoms with Crippen molar-refractivity contribution in [3.05, 3.63) is 35.6 Å². The van der Waals surface area contributed by atoms with Crippen LogP contribution in [-0.4, -0.2) is 25.0 Å². The Labute approximate surface area is 126 Å². The molecular formula is C15H24ClFN2O. The molecule has 0 heterocycles. The molecule has 1 amide bonds. The second-order valence-corrected chi connectivity index (χ2v) is 4.92. The molecule has 0 saturated carbocycles. The van der Waals surface area contributed by atoms with Gasteiger partial charge in [-0.15, -0.1) is 12.4 Å². The summed E-state index contributed by atoms with van der Waals surface area (Å²) in [5.74, 6) is -0.239. The van der Waals surface area contributed by atoms with Crippen molar-refractivity contribution >= 4 is 18.3 Å². The molecule has 3 nitrogen and oxygen atoms in total. The smallest absolute Gasteiger partial charge is 0.220 e. The zero-order chi connectivity index (χ0) is 14.3. The highest BCUT2D eigenvalue weighted by atomic mass is 35.5. The summed E-state index contributed by atoms with van der Waals surface area (Å²) in [5.41, 5.74) is 0.856. The van der Waals surface area contributed by atoms with Crippen LogP contribution in [0.2, 0.25) is 0 Å². The van der Waals surface area contributed by atoms with Crippen LogP contribution in [0.15, 0.2) is 24.3 Å². The highest BCUT2D eigenvalue weighted by molar-refractivity contribution is 5.85. The number of hydrogen-bond acceptors (Lipinski definition) is 2. The van der Waals surface area contributed by atoms with Gasteiger partial charge in [-0.3, -0.25) is 4.79 Å². The van der Waals surface area contributed by atoms with Crippen LogP contribution in [0, 0.1) is 5.82 Å². The number of halogens is 2. The maximum Gasteiger partial charge on any atom is 0.220 e. The number of rotatable bonds is 7. The van der Waals surface area contributed by atoms with E-state index in [1.54, 1.807) is 6.07 Å². The van der Waals surface area contributed by atoms with E-state index in [9.17, 15) is 9.18 Å². The maximum absolute atomic E-state index is 13.1. The normalized spacial score (nSPS) is 13.2. The third-order valence-electron chi connectivity index (χ3n) is 3.07. The summed E-state index contributed by atoms with van der Waals surface area (Å²) in [6, 6.07) is 6.68. The number of carbonyl (C=O) groups is 1. The zero-order valence-electron chi connectivity index (χ0n) is 12.3. The highest BCUT2D eigenvalue weighted by Crippen LogP contribution is 2.19. The van der Waals surface area contributed by atoms with Gasteiger partial charge in [-0.2, -0.15) is 0 Å². The molecule has 0 radical (unpaired) electrons. The van der Waals surface area contributed by atoms with Gasteiger partial charge < -0.3 is 10.6 Å². The number of amides is 1. The lowest BCUT2D eigenvalue weighted by Gasteiger charge is -2.15. The molecule has 1 aromatic rings. The molecule has 1 aromatic carbocycles. The lowest BCUT2D eigenvalue weighted by molar-refractivity contribution is -0.121. The molecule has 0 bridgehead atoms. The highest BCUT2D eigenvalue weighted by Gasteiger charge is 2.12. The standard InChI is InChI=1S/C15H23FN2O.ClH/c1-4-17-12(3)10-18-15(19)8-11(2)13-6-5-7-14(16)9-13;/h5-7,9,11-12,17H,4,8,10H2,1-3H3,(H,18,19);1H/t11?,12-;/m1./s1. The van der Waals surface area contributed by atoms with Crippen LogP contribution in [0.4, 0.5) is 4.39 Å². The van der Waals surface area contributed by atoms with E-state index in [0.29, 0.717) is 13.0 Å². The van der Waals surface area contributed by atoms with E-state index in [1.165, 1.54) is 12.1 Å². The summed E-state index contributed by atoms with van der Waals surface area (Å²) in [4.78, 5) is 11.8. The Bertz CT molecular complexity index is 415. The fraction of sp³-hybridized carbons (Fsp3) is 0.533. The van der Waals surface area contributed by atoms with E-state index in [4.69, 9.17) is 0 Å². The SMILES string of the molecule is CCN[C@H](C)CNC(=O)CC(C)c1cccc(F)c1.Cl. The molecular weight excluding hydrogens is 279 g/mol. The van der Waals surface area contributed by atoms with Crippen LogP contribution in [0.1, 0.15) is 38.7 Å². The molecule has 5 heteroatoms. The molecule has 2 N–H and O–H groups in total. The predicted octanol–water partition coefficient (Wildman–Crippen LogP) is 2.86. The van der Waals surface area contributed by atoms with Crippen LogP contribution in [0.5, 0.6) is 0 Å². The Morgan fingerprint density at radius 1 is 1.35 bits per heavy atom. The quantitative estimate of drug-likeness (QED) is 0.813. The number of hydrogen-bond donors (Lipinski definition) is 2. The summed E-state index contributed by atoms with van der Waals surface area (Å²) in [5, 5.41) is 6.12. The van der Waals surface area contributed by atoms with E-state index >= 15 is 0 Å². The lowest BCUT2D eigenvalue weighted by Crippen LogP contribution is -2.39. The van der Waals surface area contributed by atoms with Crippen LogP contribution >= 0.6 is 12.4 Å². The summed E-state index contributed by atoms with van der Waals surface area (Å²) < 4.78 is 13.1. The minimum atomic E-state index is -0.259. The molecule has 1 unspecified atom stereocenters. The molecule has 0 aliphatic rings. The maximum atomic E-state index is 13.1. The zero-order valence-corrected chi connectivity index (χ0v) is 13.1. The van der Waals surface area contributed by atoms with Crippen molar-refractivity contribution in [3.8, 4) is 0 Å². The van der Waals surface area contributed by atoms with E-state index < -0.39 is 0 Å². The second kappa shape index (κ2) is 9.72. The number of nitrogens with one attached hydrogen (secondary N) is 2.